The topological polar surface area (TPSA) is 119 Å². The molecule has 24 heavy (non-hydrogen) atoms. The Morgan fingerprint density at radius 3 is 2.83 bits per heavy atom. The van der Waals surface area contributed by atoms with Crippen molar-refractivity contribution in [3.05, 3.63) is 12.2 Å². The minimum Gasteiger partial charge on any atom is -0.479 e. The van der Waals surface area contributed by atoms with Crippen LogP contribution in [0.2, 0.25) is 0 Å². The summed E-state index contributed by atoms with van der Waals surface area (Å²) in [6.07, 6.45) is 6.68. The van der Waals surface area contributed by atoms with Gasteiger partial charge in [0, 0.05) is 26.1 Å². The van der Waals surface area contributed by atoms with Crippen molar-refractivity contribution in [1.29, 1.82) is 0 Å². The predicted molar refractivity (Wildman–Crippen MR) is 86.3 cm³/mol. The van der Waals surface area contributed by atoms with Gasteiger partial charge in [-0.05, 0) is 32.1 Å². The number of carbonyl (C=O) groups excluding carboxylic acids is 2. The van der Waals surface area contributed by atoms with Gasteiger partial charge in [0.05, 0.1) is 0 Å². The van der Waals surface area contributed by atoms with Crippen LogP contribution < -0.4 is 10.6 Å². The fourth-order valence-electron chi connectivity index (χ4n) is 2.90. The average Bonchev–Trinajstić information content (AvgIpc) is 3.23. The molecule has 1 fully saturated rings. The van der Waals surface area contributed by atoms with Gasteiger partial charge in [0.25, 0.3) is 0 Å². The Kier molecular flexibility index (Phi) is 5.82. The molecular weight excluding hydrogens is 314 g/mol. The van der Waals surface area contributed by atoms with Crippen molar-refractivity contribution < 1.29 is 24.6 Å². The summed E-state index contributed by atoms with van der Waals surface area (Å²) in [4.78, 5) is 37.7. The van der Waals surface area contributed by atoms with Gasteiger partial charge in [0.1, 0.15) is 11.6 Å². The predicted octanol–water partition coefficient (Wildman–Crippen LogP) is 0.0784. The van der Waals surface area contributed by atoms with Crippen molar-refractivity contribution in [3.8, 4) is 0 Å². The highest BCUT2D eigenvalue weighted by Gasteiger charge is 2.60. The zero-order valence-electron chi connectivity index (χ0n) is 13.8. The van der Waals surface area contributed by atoms with E-state index in [4.69, 9.17) is 5.11 Å². The lowest BCUT2D eigenvalue weighted by molar-refractivity contribution is -0.143. The Morgan fingerprint density at radius 1 is 1.42 bits per heavy atom. The van der Waals surface area contributed by atoms with E-state index in [1.54, 1.807) is 7.05 Å². The fraction of sp³-hybridized carbons (Fsp3) is 0.688. The molecule has 3 atom stereocenters. The van der Waals surface area contributed by atoms with Crippen molar-refractivity contribution in [2.45, 2.75) is 43.7 Å². The number of amides is 3. The van der Waals surface area contributed by atoms with E-state index in [-0.39, 0.29) is 18.9 Å². The van der Waals surface area contributed by atoms with Gasteiger partial charge < -0.3 is 25.7 Å². The standard InChI is InChI=1S/C16H25N3O5/c1-19-8-5-3-2-4-6-11-10-16(11,14(22)23)18-13(21)12(7-9-20)17-15(19)24/h4,6,11-12,20H,2-3,5,7-10H2,1H3,(H,17,24)(H,18,21)(H,22,23)/b6-4-/t11-,12+,16-/m1/s1. The molecule has 0 spiro atoms. The van der Waals surface area contributed by atoms with Gasteiger partial charge in [-0.3, -0.25) is 4.79 Å². The average molecular weight is 339 g/mol. The second-order valence-electron chi connectivity index (χ2n) is 6.44. The normalized spacial score (nSPS) is 32.8. The van der Waals surface area contributed by atoms with Crippen molar-refractivity contribution >= 4 is 17.9 Å². The van der Waals surface area contributed by atoms with Crippen molar-refractivity contribution in [2.75, 3.05) is 20.2 Å². The maximum Gasteiger partial charge on any atom is 0.330 e. The summed E-state index contributed by atoms with van der Waals surface area (Å²) in [6, 6.07) is -1.37. The van der Waals surface area contributed by atoms with E-state index in [0.29, 0.717) is 13.0 Å². The van der Waals surface area contributed by atoms with Gasteiger partial charge in [-0.25, -0.2) is 9.59 Å². The third-order valence-corrected chi connectivity index (χ3v) is 4.60. The molecule has 2 aliphatic rings. The molecule has 0 aromatic rings. The van der Waals surface area contributed by atoms with Crippen LogP contribution in [0.1, 0.15) is 32.1 Å². The molecule has 0 saturated heterocycles. The summed E-state index contributed by atoms with van der Waals surface area (Å²) >= 11 is 0. The number of aliphatic carboxylic acids is 1. The number of nitrogens with one attached hydrogen (secondary N) is 2. The fourth-order valence-corrected chi connectivity index (χ4v) is 2.90. The molecule has 134 valence electrons. The molecule has 4 N–H and O–H groups in total. The smallest absolute Gasteiger partial charge is 0.330 e. The number of rotatable bonds is 3. The van der Waals surface area contributed by atoms with Gasteiger partial charge >= 0.3 is 12.0 Å². The lowest BCUT2D eigenvalue weighted by atomic mass is 10.1. The number of carboxylic acids is 1. The first kappa shape index (κ1) is 18.3. The van der Waals surface area contributed by atoms with Gasteiger partial charge in [0.15, 0.2) is 0 Å². The van der Waals surface area contributed by atoms with Crippen LogP contribution in [0.4, 0.5) is 4.79 Å². The molecule has 3 amide bonds. The largest absolute Gasteiger partial charge is 0.479 e. The second-order valence-corrected chi connectivity index (χ2v) is 6.44. The third kappa shape index (κ3) is 4.05. The zero-order valence-corrected chi connectivity index (χ0v) is 13.8. The summed E-state index contributed by atoms with van der Waals surface area (Å²) in [7, 11) is 1.64. The summed E-state index contributed by atoms with van der Waals surface area (Å²) in [5.74, 6) is -1.90. The molecular formula is C16H25N3O5. The lowest BCUT2D eigenvalue weighted by Crippen LogP contribution is -2.55. The molecule has 0 bridgehead atoms. The number of aliphatic hydroxyl groups excluding tert-OH is 1. The van der Waals surface area contributed by atoms with E-state index in [0.717, 1.165) is 19.3 Å². The first-order valence-corrected chi connectivity index (χ1v) is 8.25. The highest BCUT2D eigenvalue weighted by molar-refractivity contribution is 5.94. The second kappa shape index (κ2) is 7.65. The maximum absolute atomic E-state index is 12.4. The highest BCUT2D eigenvalue weighted by atomic mass is 16.4. The van der Waals surface area contributed by atoms with Crippen LogP contribution in [0.25, 0.3) is 0 Å². The van der Waals surface area contributed by atoms with Crippen LogP contribution in [0.5, 0.6) is 0 Å². The quantitative estimate of drug-likeness (QED) is 0.543. The number of carbonyl (C=O) groups is 3. The number of hydrogen-bond donors (Lipinski definition) is 4. The number of urea groups is 1. The van der Waals surface area contributed by atoms with Crippen LogP contribution in [-0.2, 0) is 9.59 Å². The molecule has 1 heterocycles. The number of nitrogens with zero attached hydrogens (tertiary/aromatic N) is 1. The van der Waals surface area contributed by atoms with Gasteiger partial charge in [-0.1, -0.05) is 12.2 Å². The summed E-state index contributed by atoms with van der Waals surface area (Å²) in [6.45, 7) is 0.279. The van der Waals surface area contributed by atoms with Gasteiger partial charge in [0.2, 0.25) is 5.91 Å². The van der Waals surface area contributed by atoms with Gasteiger partial charge in [-0.15, -0.1) is 0 Å². The van der Waals surface area contributed by atoms with E-state index < -0.39 is 29.5 Å². The minimum atomic E-state index is -1.30. The Morgan fingerprint density at radius 2 is 2.17 bits per heavy atom. The molecule has 8 nitrogen and oxygen atoms in total. The summed E-state index contributed by atoms with van der Waals surface area (Å²) < 4.78 is 0. The Hall–Kier alpha value is -2.09. The number of fused-ring (bicyclic) bond motifs is 1. The van der Waals surface area contributed by atoms with E-state index in [2.05, 4.69) is 10.6 Å². The van der Waals surface area contributed by atoms with Crippen LogP contribution in [0, 0.1) is 5.92 Å². The number of carboxylic acid groups (broad SMARTS) is 1. The molecule has 1 aliphatic carbocycles. The van der Waals surface area contributed by atoms with E-state index in [1.165, 1.54) is 4.90 Å². The minimum absolute atomic E-state index is 0.0294. The Labute approximate surface area is 140 Å². The molecule has 1 aliphatic heterocycles. The highest BCUT2D eigenvalue weighted by Crippen LogP contribution is 2.45. The lowest BCUT2D eigenvalue weighted by Gasteiger charge is -2.24. The SMILES string of the molecule is CN1CCCC/C=C\[C@@H]2C[C@@]2(C(=O)O)NC(=O)[C@H](CCO)NC1=O. The molecule has 2 rings (SSSR count). The van der Waals surface area contributed by atoms with Crippen LogP contribution >= 0.6 is 0 Å². The zero-order chi connectivity index (χ0) is 17.7. The van der Waals surface area contributed by atoms with Crippen LogP contribution in [0.3, 0.4) is 0 Å². The molecule has 0 radical (unpaired) electrons. The Balaban J connectivity index is 2.19. The van der Waals surface area contributed by atoms with Gasteiger partial charge in [-0.2, -0.15) is 0 Å². The molecule has 1 saturated carbocycles. The molecule has 8 heteroatoms. The van der Waals surface area contributed by atoms with Crippen molar-refractivity contribution in [1.82, 2.24) is 15.5 Å². The monoisotopic (exact) mass is 339 g/mol. The first-order valence-electron chi connectivity index (χ1n) is 8.25. The molecule has 0 aromatic heterocycles. The van der Waals surface area contributed by atoms with E-state index >= 15 is 0 Å². The van der Waals surface area contributed by atoms with E-state index in [1.807, 2.05) is 12.2 Å². The van der Waals surface area contributed by atoms with Crippen LogP contribution in [-0.4, -0.2) is 64.8 Å². The number of hydrogen-bond acceptors (Lipinski definition) is 4. The first-order chi connectivity index (χ1) is 11.4. The molecule has 0 unspecified atom stereocenters. The summed E-state index contributed by atoms with van der Waals surface area (Å²) in [5, 5.41) is 23.7. The number of aliphatic hydroxyl groups is 1. The van der Waals surface area contributed by atoms with Crippen molar-refractivity contribution in [3.63, 3.8) is 0 Å². The van der Waals surface area contributed by atoms with Crippen molar-refractivity contribution in [2.24, 2.45) is 5.92 Å². The van der Waals surface area contributed by atoms with Crippen LogP contribution in [0.15, 0.2) is 12.2 Å². The molecule has 0 aromatic carbocycles. The third-order valence-electron chi connectivity index (χ3n) is 4.60. The summed E-state index contributed by atoms with van der Waals surface area (Å²) in [5.41, 5.74) is -1.30. The Bertz CT molecular complexity index is 536. The maximum atomic E-state index is 12.4. The van der Waals surface area contributed by atoms with E-state index in [9.17, 15) is 19.5 Å². The number of allylic oxidation sites excluding steroid dienone is 1.